The first-order valence-electron chi connectivity index (χ1n) is 11.6. The second kappa shape index (κ2) is 12.8. The highest BCUT2D eigenvalue weighted by atomic mass is 16.6. The van der Waals surface area contributed by atoms with Gasteiger partial charge in [0, 0.05) is 12.1 Å². The van der Waals surface area contributed by atoms with Crippen LogP contribution in [-0.2, 0) is 20.9 Å². The molecule has 10 nitrogen and oxygen atoms in total. The van der Waals surface area contributed by atoms with Crippen molar-refractivity contribution in [3.63, 3.8) is 0 Å². The molecule has 1 unspecified atom stereocenters. The molecule has 0 bridgehead atoms. The van der Waals surface area contributed by atoms with Crippen LogP contribution in [0, 0.1) is 16.0 Å². The molecule has 0 spiro atoms. The van der Waals surface area contributed by atoms with Gasteiger partial charge >= 0.3 is 5.97 Å². The molecule has 0 saturated carbocycles. The molecule has 2 amide bonds. The number of rotatable bonds is 11. The highest BCUT2D eigenvalue weighted by molar-refractivity contribution is 6.05. The van der Waals surface area contributed by atoms with Gasteiger partial charge in [0.1, 0.15) is 18.3 Å². The highest BCUT2D eigenvalue weighted by Gasteiger charge is 2.26. The lowest BCUT2D eigenvalue weighted by Gasteiger charge is -2.20. The summed E-state index contributed by atoms with van der Waals surface area (Å²) in [5, 5.41) is 16.3. The number of benzene rings is 2. The number of ether oxygens (including phenoxy) is 1. The van der Waals surface area contributed by atoms with Crippen LogP contribution < -0.4 is 10.6 Å². The standard InChI is InChI=1S/C27H27N3O7/c1-18(2)14-23(27(33)37-17-19-8-4-3-5-9-19)29-25(31)22(28-26(32)24-12-7-13-36-24)16-20-10-6-11-21(15-20)30(34)35/h3-13,15-16,18,23H,14,17H2,1-2H3,(H,28,32)(H,29,31)/b22-16-. The Morgan fingerprint density at radius 2 is 1.81 bits per heavy atom. The summed E-state index contributed by atoms with van der Waals surface area (Å²) in [6.45, 7) is 3.82. The van der Waals surface area contributed by atoms with Crippen LogP contribution in [0.5, 0.6) is 0 Å². The van der Waals surface area contributed by atoms with E-state index in [0.717, 1.165) is 5.56 Å². The summed E-state index contributed by atoms with van der Waals surface area (Å²) < 4.78 is 10.5. The molecule has 0 aliphatic carbocycles. The van der Waals surface area contributed by atoms with Gasteiger partial charge in [0.05, 0.1) is 11.2 Å². The van der Waals surface area contributed by atoms with E-state index in [-0.39, 0.29) is 36.1 Å². The summed E-state index contributed by atoms with van der Waals surface area (Å²) in [5.74, 6) is -2.11. The first-order valence-corrected chi connectivity index (χ1v) is 11.6. The smallest absolute Gasteiger partial charge is 0.328 e. The Morgan fingerprint density at radius 3 is 2.46 bits per heavy atom. The summed E-state index contributed by atoms with van der Waals surface area (Å²) >= 11 is 0. The van der Waals surface area contributed by atoms with Crippen LogP contribution in [0.25, 0.3) is 6.08 Å². The van der Waals surface area contributed by atoms with E-state index >= 15 is 0 Å². The van der Waals surface area contributed by atoms with Crippen LogP contribution in [0.2, 0.25) is 0 Å². The molecular weight excluding hydrogens is 478 g/mol. The Labute approximate surface area is 213 Å². The van der Waals surface area contributed by atoms with Crippen LogP contribution in [-0.4, -0.2) is 28.7 Å². The summed E-state index contributed by atoms with van der Waals surface area (Å²) in [4.78, 5) is 49.4. The van der Waals surface area contributed by atoms with Gasteiger partial charge < -0.3 is 19.8 Å². The molecule has 0 aliphatic rings. The molecule has 3 aromatic rings. The van der Waals surface area contributed by atoms with E-state index in [4.69, 9.17) is 9.15 Å². The van der Waals surface area contributed by atoms with E-state index in [0.29, 0.717) is 5.56 Å². The lowest BCUT2D eigenvalue weighted by atomic mass is 10.0. The number of nitro benzene ring substituents is 1. The third-order valence-corrected chi connectivity index (χ3v) is 5.15. The Hall–Kier alpha value is -4.73. The monoisotopic (exact) mass is 505 g/mol. The minimum Gasteiger partial charge on any atom is -0.459 e. The quantitative estimate of drug-likeness (QED) is 0.172. The zero-order valence-electron chi connectivity index (χ0n) is 20.4. The first-order chi connectivity index (χ1) is 17.7. The molecule has 3 rings (SSSR count). The van der Waals surface area contributed by atoms with Gasteiger partial charge in [-0.15, -0.1) is 0 Å². The average Bonchev–Trinajstić information content (AvgIpc) is 3.42. The summed E-state index contributed by atoms with van der Waals surface area (Å²) in [7, 11) is 0. The lowest BCUT2D eigenvalue weighted by Crippen LogP contribution is -2.45. The topological polar surface area (TPSA) is 141 Å². The maximum atomic E-state index is 13.3. The van der Waals surface area contributed by atoms with Crippen LogP contribution in [0.4, 0.5) is 5.69 Å². The van der Waals surface area contributed by atoms with Gasteiger partial charge in [-0.05, 0) is 41.7 Å². The van der Waals surface area contributed by atoms with Crippen molar-refractivity contribution in [1.29, 1.82) is 0 Å². The largest absolute Gasteiger partial charge is 0.459 e. The van der Waals surface area contributed by atoms with Crippen LogP contribution in [0.1, 0.15) is 41.9 Å². The van der Waals surface area contributed by atoms with Crippen LogP contribution >= 0.6 is 0 Å². The fraction of sp³-hybridized carbons (Fsp3) is 0.222. The number of carbonyl (C=O) groups is 3. The van der Waals surface area contributed by atoms with E-state index in [1.165, 1.54) is 42.7 Å². The highest BCUT2D eigenvalue weighted by Crippen LogP contribution is 2.16. The van der Waals surface area contributed by atoms with Crippen molar-refractivity contribution in [2.24, 2.45) is 5.92 Å². The van der Waals surface area contributed by atoms with Gasteiger partial charge in [-0.25, -0.2) is 4.79 Å². The number of nitro groups is 1. The minimum atomic E-state index is -0.995. The molecule has 37 heavy (non-hydrogen) atoms. The number of non-ortho nitro benzene ring substituents is 1. The average molecular weight is 506 g/mol. The van der Waals surface area contributed by atoms with Crippen molar-refractivity contribution < 1.29 is 28.5 Å². The maximum Gasteiger partial charge on any atom is 0.328 e. The Balaban J connectivity index is 1.84. The molecule has 1 atom stereocenters. The number of amides is 2. The SMILES string of the molecule is CC(C)CC(NC(=O)/C(=C/c1cccc([N+](=O)[O-])c1)NC(=O)c1ccco1)C(=O)OCc1ccccc1. The van der Waals surface area contributed by atoms with E-state index in [2.05, 4.69) is 10.6 Å². The third-order valence-electron chi connectivity index (χ3n) is 5.15. The molecular formula is C27H27N3O7. The van der Waals surface area contributed by atoms with Gasteiger partial charge in [-0.2, -0.15) is 0 Å². The summed E-state index contributed by atoms with van der Waals surface area (Å²) in [6.07, 6.45) is 2.88. The second-order valence-electron chi connectivity index (χ2n) is 8.59. The van der Waals surface area contributed by atoms with E-state index < -0.39 is 28.7 Å². The Kier molecular flexibility index (Phi) is 9.31. The van der Waals surface area contributed by atoms with Crippen LogP contribution in [0.15, 0.2) is 83.1 Å². The molecule has 0 saturated heterocycles. The lowest BCUT2D eigenvalue weighted by molar-refractivity contribution is -0.384. The Bertz CT molecular complexity index is 1270. The van der Waals surface area contributed by atoms with Gasteiger partial charge in [-0.1, -0.05) is 56.3 Å². The molecule has 2 N–H and O–H groups in total. The zero-order valence-corrected chi connectivity index (χ0v) is 20.4. The molecule has 0 fully saturated rings. The fourth-order valence-electron chi connectivity index (χ4n) is 3.40. The second-order valence-corrected chi connectivity index (χ2v) is 8.59. The summed E-state index contributed by atoms with van der Waals surface area (Å²) in [5.41, 5.74) is 0.674. The van der Waals surface area contributed by atoms with Gasteiger partial charge in [0.15, 0.2) is 5.76 Å². The maximum absolute atomic E-state index is 13.3. The normalized spacial score (nSPS) is 12.0. The molecule has 1 heterocycles. The van der Waals surface area contributed by atoms with Crippen molar-refractivity contribution in [3.05, 3.63) is 106 Å². The predicted octanol–water partition coefficient (Wildman–Crippen LogP) is 4.23. The van der Waals surface area contributed by atoms with Crippen molar-refractivity contribution in [1.82, 2.24) is 10.6 Å². The van der Waals surface area contributed by atoms with Crippen molar-refractivity contribution in [2.75, 3.05) is 0 Å². The van der Waals surface area contributed by atoms with Gasteiger partial charge in [0.25, 0.3) is 17.5 Å². The number of hydrogen-bond acceptors (Lipinski definition) is 7. The van der Waals surface area contributed by atoms with E-state index in [9.17, 15) is 24.5 Å². The molecule has 0 radical (unpaired) electrons. The number of nitrogens with zero attached hydrogens (tertiary/aromatic N) is 1. The first kappa shape index (κ1) is 26.9. The third kappa shape index (κ3) is 8.17. The Morgan fingerprint density at radius 1 is 1.05 bits per heavy atom. The molecule has 2 aromatic carbocycles. The van der Waals surface area contributed by atoms with Crippen LogP contribution in [0.3, 0.4) is 0 Å². The molecule has 192 valence electrons. The van der Waals surface area contributed by atoms with Crippen molar-refractivity contribution in [2.45, 2.75) is 32.9 Å². The number of hydrogen-bond donors (Lipinski definition) is 2. The van der Waals surface area contributed by atoms with Crippen molar-refractivity contribution >= 4 is 29.5 Å². The number of furan rings is 1. The van der Waals surface area contributed by atoms with E-state index in [1.54, 1.807) is 6.07 Å². The molecule has 1 aromatic heterocycles. The van der Waals surface area contributed by atoms with Crippen molar-refractivity contribution in [3.8, 4) is 0 Å². The van der Waals surface area contributed by atoms with E-state index in [1.807, 2.05) is 44.2 Å². The number of carbonyl (C=O) groups excluding carboxylic acids is 3. The van der Waals surface area contributed by atoms with Gasteiger partial charge in [-0.3, -0.25) is 19.7 Å². The number of esters is 1. The predicted molar refractivity (Wildman–Crippen MR) is 135 cm³/mol. The molecule has 0 aliphatic heterocycles. The summed E-state index contributed by atoms with van der Waals surface area (Å²) in [6, 6.07) is 16.6. The number of nitrogens with one attached hydrogen (secondary N) is 2. The fourth-order valence-corrected chi connectivity index (χ4v) is 3.40. The van der Waals surface area contributed by atoms with Gasteiger partial charge in [0.2, 0.25) is 0 Å². The zero-order chi connectivity index (χ0) is 26.8. The molecule has 10 heteroatoms. The minimum absolute atomic E-state index is 0.0374.